The van der Waals surface area contributed by atoms with Gasteiger partial charge < -0.3 is 27.5 Å². The third-order valence-corrected chi connectivity index (χ3v) is 15.5. The highest BCUT2D eigenvalue weighted by atomic mass is 28.4. The molecule has 0 rings (SSSR count). The molecule has 0 saturated carbocycles. The second-order valence-corrected chi connectivity index (χ2v) is 22.8. The van der Waals surface area contributed by atoms with E-state index in [-0.39, 0.29) is 13.8 Å². The predicted octanol–water partition coefficient (Wildman–Crippen LogP) is 17.1. The van der Waals surface area contributed by atoms with Crippen molar-refractivity contribution in [1.82, 2.24) is 0 Å². The molecule has 0 spiro atoms. The summed E-state index contributed by atoms with van der Waals surface area (Å²) in [7, 11) is -8.85. The highest BCUT2D eigenvalue weighted by Crippen LogP contribution is 2.68. The minimum atomic E-state index is -9.75. The summed E-state index contributed by atoms with van der Waals surface area (Å²) in [6.07, 6.45) is -1.27. The molecule has 0 aliphatic heterocycles. The van der Waals surface area contributed by atoms with Gasteiger partial charge in [-0.1, -0.05) is 33.6 Å². The van der Waals surface area contributed by atoms with Crippen LogP contribution in [0, 0.1) is 5.92 Å². The maximum atomic E-state index is 15.3. The minimum absolute atomic E-state index is 0.177. The maximum Gasteiger partial charge on any atom is 0.501 e. The van der Waals surface area contributed by atoms with Crippen LogP contribution in [0.25, 0.3) is 0 Å². The lowest BCUT2D eigenvalue weighted by molar-refractivity contribution is -0.455. The molecule has 0 saturated heterocycles. The number of hydrogen-bond donors (Lipinski definition) is 0. The summed E-state index contributed by atoms with van der Waals surface area (Å²) in [5, 5.41) is 0. The van der Waals surface area contributed by atoms with Crippen LogP contribution in [0.5, 0.6) is 0 Å². The normalized spacial score (nSPS) is 16.0. The van der Waals surface area contributed by atoms with E-state index in [0.29, 0.717) is 0 Å². The van der Waals surface area contributed by atoms with E-state index in [1.54, 1.807) is 0 Å². The zero-order valence-electron chi connectivity index (χ0n) is 47.2. The third-order valence-electron chi connectivity index (χ3n) is 12.4. The molecule has 596 valence electrons. The van der Waals surface area contributed by atoms with Gasteiger partial charge in [-0.15, -0.1) is 0 Å². The summed E-state index contributed by atoms with van der Waals surface area (Å²) in [5.74, 6) is -227. The van der Waals surface area contributed by atoms with E-state index >= 15 is 52.7 Å². The average molecular weight is 1630 g/mol. The monoisotopic (exact) mass is 1630 g/mol. The molecule has 0 heterocycles. The molecule has 0 atom stereocenters. The van der Waals surface area contributed by atoms with Crippen LogP contribution in [-0.4, -0.2) is 208 Å². The van der Waals surface area contributed by atoms with Gasteiger partial charge in [0.25, 0.3) is 0 Å². The Labute approximate surface area is 525 Å². The predicted molar refractivity (Wildman–Crippen MR) is 225 cm³/mol. The van der Waals surface area contributed by atoms with E-state index < -0.39 is 239 Å². The molecule has 0 N–H and O–H groups in total. The van der Waals surface area contributed by atoms with Crippen molar-refractivity contribution in [3.05, 3.63) is 38.0 Å². The van der Waals surface area contributed by atoms with Gasteiger partial charge in [-0.2, -0.15) is 211 Å². The van der Waals surface area contributed by atoms with Gasteiger partial charge in [0.15, 0.2) is 19.8 Å². The van der Waals surface area contributed by atoms with E-state index in [9.17, 15) is 172 Å². The topological polar surface area (TPSA) is 107 Å². The van der Waals surface area contributed by atoms with Gasteiger partial charge in [0.05, 0.1) is 0 Å². The number of carbonyl (C=O) groups is 3. The summed E-state index contributed by atoms with van der Waals surface area (Å²) in [4.78, 5) is 32.7. The first-order chi connectivity index (χ1) is 43.7. The first-order valence-corrected chi connectivity index (χ1v) is 26.0. The number of halogens is 48. The van der Waals surface area contributed by atoms with Crippen LogP contribution < -0.4 is 0 Å². The van der Waals surface area contributed by atoms with Crippen molar-refractivity contribution in [2.75, 3.05) is 39.6 Å². The fourth-order valence-corrected chi connectivity index (χ4v) is 9.16. The number of esters is 3. The van der Waals surface area contributed by atoms with Crippen LogP contribution in [-0.2, 0) is 41.9 Å². The molecule has 101 heavy (non-hydrogen) atoms. The second-order valence-electron chi connectivity index (χ2n) is 20.1. The van der Waals surface area contributed by atoms with Gasteiger partial charge in [0.1, 0.15) is 19.8 Å². The Morgan fingerprint density at radius 3 is 0.485 bits per heavy atom. The summed E-state index contributed by atoms with van der Waals surface area (Å²) in [6, 6.07) is -3.23. The van der Waals surface area contributed by atoms with E-state index in [1.807, 2.05) is 0 Å². The Kier molecular flexibility index (Phi) is 26.1. The largest absolute Gasteiger partial charge is 0.501 e. The zero-order chi connectivity index (χ0) is 82.1. The lowest BCUT2D eigenvalue weighted by Crippen LogP contribution is -2.75. The molecule has 58 heteroatoms. The highest BCUT2D eigenvalue weighted by molar-refractivity contribution is 6.60. The van der Waals surface area contributed by atoms with Crippen LogP contribution in [0.2, 0.25) is 6.04 Å². The van der Waals surface area contributed by atoms with Gasteiger partial charge in [-0.25, -0.2) is 14.4 Å². The Balaban J connectivity index is 8.91. The quantitative estimate of drug-likeness (QED) is 0.0194. The molecule has 0 aliphatic rings. The van der Waals surface area contributed by atoms with E-state index in [1.165, 1.54) is 0 Å². The van der Waals surface area contributed by atoms with Crippen LogP contribution in [0.3, 0.4) is 0 Å². The van der Waals surface area contributed by atoms with Crippen molar-refractivity contribution in [1.29, 1.82) is 0 Å². The first kappa shape index (κ1) is 95.4. The Morgan fingerprint density at radius 2 is 0.366 bits per heavy atom. The zero-order valence-corrected chi connectivity index (χ0v) is 48.2. The molecule has 0 amide bonds. The van der Waals surface area contributed by atoms with Crippen LogP contribution in [0.15, 0.2) is 38.0 Å². The van der Waals surface area contributed by atoms with Crippen molar-refractivity contribution in [2.45, 2.75) is 162 Å². The maximum absolute atomic E-state index is 15.3. The smallest absolute Gasteiger partial charge is 0.456 e. The standard InChI is InChI=1S/C43H30F48O9Si/c1-6-17(92)95-10-20(44,45)26(56,57)32(68,69)38(80,81)41(86,87)35(74,75)29(62,63)23(50,51)13-98-101(9-16(4)5,99-14-24(52,53)30(64,65)36(76,77)42(88,89)39(82,83)33(70,71)27(58,59)21(46,47)11-96-18(93)7-2)100-15-25(54,55)31(66,67)37(78,79)43(90,91)40(84,85)34(72,73)28(60,61)22(48,49)12-97-19(94)8-3/h6-8,16H,1-3,9-15H2,4-5H3. The van der Waals surface area contributed by atoms with Crippen LogP contribution in [0.4, 0.5) is 211 Å². The number of hydrogen-bond acceptors (Lipinski definition) is 9. The number of carbonyl (C=O) groups excluding carboxylic acids is 3. The van der Waals surface area contributed by atoms with Crippen molar-refractivity contribution in [2.24, 2.45) is 5.92 Å². The molecule has 0 radical (unpaired) electrons. The van der Waals surface area contributed by atoms with Crippen molar-refractivity contribution in [3.63, 3.8) is 0 Å². The highest BCUT2D eigenvalue weighted by Gasteiger charge is 2.99. The SMILES string of the molecule is C=CC(=O)OCC(F)(F)C(F)(F)C(F)(F)C(F)(F)C(F)(F)C(F)(F)C(F)(F)C(F)(F)CO[Si](CC(C)C)(OCC(F)(F)C(F)(F)C(F)(F)C(F)(F)C(F)(F)C(F)(F)C(F)(F)C(F)(F)COC(=O)C=C)OCC(F)(F)C(F)(F)C(F)(F)C(F)(F)C(F)(F)C(F)(F)C(F)(F)C(F)(F)COC(=O)C=C. The molecule has 0 aromatic carbocycles. The summed E-state index contributed by atoms with van der Waals surface area (Å²) >= 11 is 0. The second kappa shape index (κ2) is 27.7. The molecule has 0 bridgehead atoms. The van der Waals surface area contributed by atoms with Gasteiger partial charge in [0, 0.05) is 24.3 Å². The minimum Gasteiger partial charge on any atom is -0.456 e. The molecule has 0 unspecified atom stereocenters. The fraction of sp³-hybridized carbons (Fsp3) is 0.791. The number of alkyl halides is 48. The van der Waals surface area contributed by atoms with Crippen molar-refractivity contribution >= 4 is 26.7 Å². The van der Waals surface area contributed by atoms with E-state index in [2.05, 4.69) is 47.2 Å². The Morgan fingerprint density at radius 1 is 0.248 bits per heavy atom. The average Bonchev–Trinajstić information content (AvgIpc) is 0.706. The number of ether oxygens (including phenoxy) is 3. The molecule has 0 aromatic rings. The lowest BCUT2D eigenvalue weighted by Gasteiger charge is -2.44. The van der Waals surface area contributed by atoms with Crippen molar-refractivity contribution < 1.29 is 253 Å². The van der Waals surface area contributed by atoms with Gasteiger partial charge in [0.2, 0.25) is 0 Å². The summed E-state index contributed by atoms with van der Waals surface area (Å²) in [5.41, 5.74) is 0. The first-order valence-electron chi connectivity index (χ1n) is 24.0. The van der Waals surface area contributed by atoms with Gasteiger partial charge >= 0.3 is 169 Å². The number of rotatable bonds is 41. The molecule has 0 aliphatic carbocycles. The molecule has 0 fully saturated rings. The molecular formula is C43H30F48O9Si. The van der Waals surface area contributed by atoms with Crippen LogP contribution >= 0.6 is 0 Å². The Hall–Kier alpha value is -5.63. The molecule has 0 aromatic heterocycles. The van der Waals surface area contributed by atoms with E-state index in [0.717, 1.165) is 0 Å². The summed E-state index contributed by atoms with van der Waals surface area (Å²) < 4.78 is 721. The Bertz CT molecular complexity index is 2660. The molecular weight excluding hydrogens is 1600 g/mol. The van der Waals surface area contributed by atoms with Crippen LogP contribution in [0.1, 0.15) is 13.8 Å². The van der Waals surface area contributed by atoms with E-state index in [4.69, 9.17) is 0 Å². The van der Waals surface area contributed by atoms with Gasteiger partial charge in [-0.3, -0.25) is 0 Å². The summed E-state index contributed by atoms with van der Waals surface area (Å²) in [6.45, 7) is -20.6. The fourth-order valence-electron chi connectivity index (χ4n) is 6.35. The van der Waals surface area contributed by atoms with Gasteiger partial charge in [-0.05, 0) is 5.92 Å². The van der Waals surface area contributed by atoms with Crippen molar-refractivity contribution in [3.8, 4) is 0 Å². The molecule has 9 nitrogen and oxygen atoms in total. The lowest BCUT2D eigenvalue weighted by atomic mass is 9.88. The third kappa shape index (κ3) is 14.8.